The number of benzene rings is 1. The Bertz CT molecular complexity index is 382. The predicted octanol–water partition coefficient (Wildman–Crippen LogP) is 3.73. The van der Waals surface area contributed by atoms with Gasteiger partial charge in [0.25, 0.3) is 0 Å². The molecule has 0 unspecified atom stereocenters. The average Bonchev–Trinajstić information content (AvgIpc) is 2.37. The third-order valence-corrected chi connectivity index (χ3v) is 2.86. The van der Waals surface area contributed by atoms with Gasteiger partial charge in [0.05, 0.1) is 7.11 Å². The summed E-state index contributed by atoms with van der Waals surface area (Å²) in [7, 11) is 1.72. The number of para-hydroxylation sites is 1. The van der Waals surface area contributed by atoms with Crippen LogP contribution >= 0.6 is 0 Å². The molecule has 0 aromatic heterocycles. The molecule has 2 nitrogen and oxygen atoms in total. The fourth-order valence-electron chi connectivity index (χ4n) is 1.86. The van der Waals surface area contributed by atoms with Gasteiger partial charge < -0.3 is 10.1 Å². The van der Waals surface area contributed by atoms with Crippen molar-refractivity contribution < 1.29 is 4.74 Å². The average molecular weight is 247 g/mol. The number of nitrogens with one attached hydrogen (secondary N) is 1. The zero-order chi connectivity index (χ0) is 13.4. The van der Waals surface area contributed by atoms with Gasteiger partial charge >= 0.3 is 0 Å². The van der Waals surface area contributed by atoms with E-state index in [1.54, 1.807) is 7.11 Å². The summed E-state index contributed by atoms with van der Waals surface area (Å²) in [4.78, 5) is 0. The molecule has 0 radical (unpaired) electrons. The van der Waals surface area contributed by atoms with E-state index in [1.165, 1.54) is 11.1 Å². The fraction of sp³-hybridized carbons (Fsp3) is 0.500. The molecule has 1 N–H and O–H groups in total. The molecule has 100 valence electrons. The second kappa shape index (κ2) is 7.93. The van der Waals surface area contributed by atoms with E-state index >= 15 is 0 Å². The molecule has 0 spiro atoms. The minimum atomic E-state index is 0.712. The van der Waals surface area contributed by atoms with Gasteiger partial charge in [-0.25, -0.2) is 0 Å². The summed E-state index contributed by atoms with van der Waals surface area (Å²) >= 11 is 0. The van der Waals surface area contributed by atoms with E-state index in [1.807, 2.05) is 18.2 Å². The first-order valence-electron chi connectivity index (χ1n) is 6.66. The zero-order valence-electron chi connectivity index (χ0n) is 12.0. The lowest BCUT2D eigenvalue weighted by Crippen LogP contribution is -2.20. The summed E-state index contributed by atoms with van der Waals surface area (Å²) in [6.07, 6.45) is 3.32. The molecule has 0 aliphatic rings. The molecule has 0 amide bonds. The van der Waals surface area contributed by atoms with Crippen LogP contribution in [-0.4, -0.2) is 20.2 Å². The van der Waals surface area contributed by atoms with Gasteiger partial charge in [-0.15, -0.1) is 0 Å². The lowest BCUT2D eigenvalue weighted by Gasteiger charge is -2.09. The Balaban J connectivity index is 2.50. The maximum absolute atomic E-state index is 5.37. The van der Waals surface area contributed by atoms with Gasteiger partial charge in [0.15, 0.2) is 0 Å². The molecule has 0 aliphatic carbocycles. The summed E-state index contributed by atoms with van der Waals surface area (Å²) in [6, 6.07) is 8.15. The van der Waals surface area contributed by atoms with Crippen molar-refractivity contribution in [3.05, 3.63) is 35.9 Å². The highest BCUT2D eigenvalue weighted by molar-refractivity contribution is 5.68. The number of ether oxygens (including phenoxy) is 1. The van der Waals surface area contributed by atoms with Gasteiger partial charge in [0, 0.05) is 5.56 Å². The number of hydrogen-bond donors (Lipinski definition) is 1. The number of allylic oxidation sites excluding steroid dienone is 1. The van der Waals surface area contributed by atoms with E-state index in [9.17, 15) is 0 Å². The highest BCUT2D eigenvalue weighted by atomic mass is 16.5. The molecule has 0 saturated carbocycles. The van der Waals surface area contributed by atoms with Crippen LogP contribution in [0.1, 0.15) is 32.8 Å². The van der Waals surface area contributed by atoms with Gasteiger partial charge in [-0.05, 0) is 44.0 Å². The van der Waals surface area contributed by atoms with Crippen LogP contribution in [0.2, 0.25) is 0 Å². The van der Waals surface area contributed by atoms with Crippen LogP contribution < -0.4 is 10.1 Å². The van der Waals surface area contributed by atoms with E-state index in [2.05, 4.69) is 38.2 Å². The first-order chi connectivity index (χ1) is 8.65. The second-order valence-electron chi connectivity index (χ2n) is 4.97. The highest BCUT2D eigenvalue weighted by Crippen LogP contribution is 2.25. The summed E-state index contributed by atoms with van der Waals surface area (Å²) in [6.45, 7) is 8.71. The SMILES string of the molecule is COc1ccccc1C(C)=CCCNCC(C)C. The van der Waals surface area contributed by atoms with Gasteiger partial charge in [-0.3, -0.25) is 0 Å². The van der Waals surface area contributed by atoms with Crippen LogP contribution in [0.4, 0.5) is 0 Å². The first kappa shape index (κ1) is 14.8. The maximum Gasteiger partial charge on any atom is 0.126 e. The van der Waals surface area contributed by atoms with E-state index in [-0.39, 0.29) is 0 Å². The minimum absolute atomic E-state index is 0.712. The van der Waals surface area contributed by atoms with Crippen LogP contribution in [0.5, 0.6) is 5.75 Å². The van der Waals surface area contributed by atoms with Crippen molar-refractivity contribution in [1.82, 2.24) is 5.32 Å². The standard InChI is InChI=1S/C16H25NO/c1-13(2)12-17-11-7-8-14(3)15-9-5-6-10-16(15)18-4/h5-6,8-10,13,17H,7,11-12H2,1-4H3. The third-order valence-electron chi connectivity index (χ3n) is 2.86. The molecular weight excluding hydrogens is 222 g/mol. The molecule has 18 heavy (non-hydrogen) atoms. The lowest BCUT2D eigenvalue weighted by molar-refractivity contribution is 0.413. The van der Waals surface area contributed by atoms with Crippen LogP contribution in [0.15, 0.2) is 30.3 Å². The largest absolute Gasteiger partial charge is 0.496 e. The van der Waals surface area contributed by atoms with Crippen LogP contribution in [0, 0.1) is 5.92 Å². The quantitative estimate of drug-likeness (QED) is 0.741. The van der Waals surface area contributed by atoms with Crippen molar-refractivity contribution in [3.63, 3.8) is 0 Å². The molecule has 0 saturated heterocycles. The third kappa shape index (κ3) is 4.92. The molecule has 2 heteroatoms. The summed E-state index contributed by atoms with van der Waals surface area (Å²) in [5.74, 6) is 1.66. The number of rotatable bonds is 7. The van der Waals surface area contributed by atoms with Crippen molar-refractivity contribution in [2.24, 2.45) is 5.92 Å². The molecule has 0 fully saturated rings. The first-order valence-corrected chi connectivity index (χ1v) is 6.66. The van der Waals surface area contributed by atoms with Crippen molar-refractivity contribution in [2.75, 3.05) is 20.2 Å². The van der Waals surface area contributed by atoms with Gasteiger partial charge in [0.1, 0.15) is 5.75 Å². The van der Waals surface area contributed by atoms with Crippen molar-refractivity contribution in [2.45, 2.75) is 27.2 Å². The Labute approximate surface area is 111 Å². The van der Waals surface area contributed by atoms with Gasteiger partial charge in [0.2, 0.25) is 0 Å². The Hall–Kier alpha value is -1.28. The summed E-state index contributed by atoms with van der Waals surface area (Å²) < 4.78 is 5.37. The Morgan fingerprint density at radius 2 is 2.06 bits per heavy atom. The van der Waals surface area contributed by atoms with E-state index in [0.717, 1.165) is 25.3 Å². The monoisotopic (exact) mass is 247 g/mol. The molecule has 1 rings (SSSR count). The van der Waals surface area contributed by atoms with Gasteiger partial charge in [-0.2, -0.15) is 0 Å². The van der Waals surface area contributed by atoms with Crippen LogP contribution in [0.25, 0.3) is 5.57 Å². The normalized spacial score (nSPS) is 11.9. The Kier molecular flexibility index (Phi) is 6.51. The molecule has 0 aliphatic heterocycles. The molecule has 1 aromatic rings. The predicted molar refractivity (Wildman–Crippen MR) is 79.0 cm³/mol. The van der Waals surface area contributed by atoms with E-state index in [0.29, 0.717) is 5.92 Å². The minimum Gasteiger partial charge on any atom is -0.496 e. The summed E-state index contributed by atoms with van der Waals surface area (Å²) in [5, 5.41) is 3.44. The molecule has 1 aromatic carbocycles. The maximum atomic E-state index is 5.37. The lowest BCUT2D eigenvalue weighted by atomic mass is 10.1. The summed E-state index contributed by atoms with van der Waals surface area (Å²) in [5.41, 5.74) is 2.46. The van der Waals surface area contributed by atoms with Crippen LogP contribution in [0.3, 0.4) is 0 Å². The number of methoxy groups -OCH3 is 1. The molecular formula is C16H25NO. The molecule has 0 heterocycles. The van der Waals surface area contributed by atoms with Crippen LogP contribution in [-0.2, 0) is 0 Å². The van der Waals surface area contributed by atoms with Crippen molar-refractivity contribution >= 4 is 5.57 Å². The smallest absolute Gasteiger partial charge is 0.126 e. The van der Waals surface area contributed by atoms with E-state index in [4.69, 9.17) is 4.74 Å². The molecule has 0 bridgehead atoms. The topological polar surface area (TPSA) is 21.3 Å². The van der Waals surface area contributed by atoms with Crippen molar-refractivity contribution in [3.8, 4) is 5.75 Å². The Morgan fingerprint density at radius 3 is 2.72 bits per heavy atom. The number of hydrogen-bond acceptors (Lipinski definition) is 2. The molecule has 0 atom stereocenters. The fourth-order valence-corrected chi connectivity index (χ4v) is 1.86. The second-order valence-corrected chi connectivity index (χ2v) is 4.97. The van der Waals surface area contributed by atoms with Gasteiger partial charge in [-0.1, -0.05) is 38.1 Å². The van der Waals surface area contributed by atoms with Crippen molar-refractivity contribution in [1.29, 1.82) is 0 Å². The van der Waals surface area contributed by atoms with E-state index < -0.39 is 0 Å². The zero-order valence-corrected chi connectivity index (χ0v) is 12.0. The highest BCUT2D eigenvalue weighted by Gasteiger charge is 2.02. The Morgan fingerprint density at radius 1 is 1.33 bits per heavy atom.